The van der Waals surface area contributed by atoms with Crippen molar-refractivity contribution in [2.24, 2.45) is 5.92 Å². The highest BCUT2D eigenvalue weighted by atomic mass is 16.2. The van der Waals surface area contributed by atoms with Crippen molar-refractivity contribution < 1.29 is 9.59 Å². The van der Waals surface area contributed by atoms with Crippen LogP contribution in [0.25, 0.3) is 0 Å². The molecule has 28 heavy (non-hydrogen) atoms. The van der Waals surface area contributed by atoms with E-state index in [-0.39, 0.29) is 17.9 Å². The Labute approximate surface area is 165 Å². The van der Waals surface area contributed by atoms with E-state index >= 15 is 0 Å². The van der Waals surface area contributed by atoms with Crippen LogP contribution in [0.1, 0.15) is 65.1 Å². The minimum absolute atomic E-state index is 0.0104. The molecule has 0 radical (unpaired) electrons. The lowest BCUT2D eigenvalue weighted by Crippen LogP contribution is -2.38. The quantitative estimate of drug-likeness (QED) is 0.868. The fourth-order valence-corrected chi connectivity index (χ4v) is 3.81. The number of carbonyl (C=O) groups excluding carboxylic acids is 2. The second-order valence-corrected chi connectivity index (χ2v) is 7.85. The van der Waals surface area contributed by atoms with Crippen LogP contribution < -0.4 is 5.32 Å². The standard InChI is InChI=1S/C22H26N4O2/c1-15(16-5-6-16)25-21(27)18-7-8-19(24-14-18)17-9-12-26(13-10-17)22(28)20-4-2-3-11-23-20/h2-4,7-8,11,14-17H,5-6,9-10,12-13H2,1H3,(H,25,27). The van der Waals surface area contributed by atoms with Crippen molar-refractivity contribution in [1.29, 1.82) is 0 Å². The molecule has 4 rings (SSSR count). The molecule has 0 bridgehead atoms. The number of piperidine rings is 1. The predicted molar refractivity (Wildman–Crippen MR) is 106 cm³/mol. The average Bonchev–Trinajstić information content (AvgIpc) is 3.60. The number of carbonyl (C=O) groups is 2. The molecular formula is C22H26N4O2. The van der Waals surface area contributed by atoms with Crippen molar-refractivity contribution in [2.45, 2.75) is 44.6 Å². The lowest BCUT2D eigenvalue weighted by atomic mass is 9.92. The normalized spacial score (nSPS) is 18.5. The van der Waals surface area contributed by atoms with Crippen molar-refractivity contribution in [3.63, 3.8) is 0 Å². The molecule has 6 heteroatoms. The number of rotatable bonds is 5. The number of hydrogen-bond donors (Lipinski definition) is 1. The molecule has 6 nitrogen and oxygen atoms in total. The molecule has 2 aromatic rings. The van der Waals surface area contributed by atoms with Gasteiger partial charge >= 0.3 is 0 Å². The van der Waals surface area contributed by atoms with E-state index in [1.165, 1.54) is 12.8 Å². The van der Waals surface area contributed by atoms with E-state index in [2.05, 4.69) is 22.2 Å². The maximum absolute atomic E-state index is 12.5. The van der Waals surface area contributed by atoms with Crippen molar-refractivity contribution in [3.8, 4) is 0 Å². The van der Waals surface area contributed by atoms with Gasteiger partial charge in [-0.2, -0.15) is 0 Å². The van der Waals surface area contributed by atoms with Gasteiger partial charge in [0.2, 0.25) is 0 Å². The van der Waals surface area contributed by atoms with Gasteiger partial charge in [0.25, 0.3) is 11.8 Å². The first kappa shape index (κ1) is 18.6. The molecule has 0 spiro atoms. The first-order valence-electron chi connectivity index (χ1n) is 10.1. The van der Waals surface area contributed by atoms with Crippen molar-refractivity contribution in [2.75, 3.05) is 13.1 Å². The first-order chi connectivity index (χ1) is 13.6. The number of nitrogens with one attached hydrogen (secondary N) is 1. The number of pyridine rings is 2. The smallest absolute Gasteiger partial charge is 0.272 e. The molecule has 1 aliphatic carbocycles. The Morgan fingerprint density at radius 1 is 1.07 bits per heavy atom. The molecule has 2 fully saturated rings. The molecule has 1 aliphatic heterocycles. The van der Waals surface area contributed by atoms with E-state index in [0.717, 1.165) is 18.5 Å². The summed E-state index contributed by atoms with van der Waals surface area (Å²) in [5.74, 6) is 0.892. The molecule has 1 N–H and O–H groups in total. The van der Waals surface area contributed by atoms with Crippen LogP contribution in [0.4, 0.5) is 0 Å². The maximum atomic E-state index is 12.5. The van der Waals surface area contributed by atoms with Crippen LogP contribution in [-0.2, 0) is 0 Å². The van der Waals surface area contributed by atoms with Crippen molar-refractivity contribution in [3.05, 3.63) is 59.7 Å². The minimum atomic E-state index is -0.0470. The SMILES string of the molecule is CC(NC(=O)c1ccc(C2CCN(C(=O)c3ccccn3)CC2)nc1)C1CC1. The van der Waals surface area contributed by atoms with E-state index in [1.807, 2.05) is 29.2 Å². The van der Waals surface area contributed by atoms with Gasteiger partial charge in [-0.3, -0.25) is 19.6 Å². The Bertz CT molecular complexity index is 825. The summed E-state index contributed by atoms with van der Waals surface area (Å²) in [6.07, 6.45) is 7.48. The third-order valence-corrected chi connectivity index (χ3v) is 5.82. The van der Waals surface area contributed by atoms with Crippen LogP contribution in [0.2, 0.25) is 0 Å². The third-order valence-electron chi connectivity index (χ3n) is 5.82. The van der Waals surface area contributed by atoms with Gasteiger partial charge in [-0.05, 0) is 62.8 Å². The molecule has 1 atom stereocenters. The number of hydrogen-bond acceptors (Lipinski definition) is 4. The van der Waals surface area contributed by atoms with E-state index in [0.29, 0.717) is 36.2 Å². The molecule has 2 aromatic heterocycles. The van der Waals surface area contributed by atoms with Gasteiger partial charge in [0, 0.05) is 43.1 Å². The van der Waals surface area contributed by atoms with Gasteiger partial charge in [-0.25, -0.2) is 0 Å². The monoisotopic (exact) mass is 378 g/mol. The molecule has 2 aliphatic rings. The second kappa shape index (κ2) is 8.09. The topological polar surface area (TPSA) is 75.2 Å². The summed E-state index contributed by atoms with van der Waals surface area (Å²) in [6, 6.07) is 9.45. The van der Waals surface area contributed by atoms with Crippen LogP contribution in [0, 0.1) is 5.92 Å². The van der Waals surface area contributed by atoms with Gasteiger partial charge in [-0.15, -0.1) is 0 Å². The summed E-state index contributed by atoms with van der Waals surface area (Å²) in [4.78, 5) is 35.4. The Morgan fingerprint density at radius 2 is 1.86 bits per heavy atom. The summed E-state index contributed by atoms with van der Waals surface area (Å²) >= 11 is 0. The Balaban J connectivity index is 1.32. The largest absolute Gasteiger partial charge is 0.349 e. The highest BCUT2D eigenvalue weighted by Gasteiger charge is 2.29. The summed E-state index contributed by atoms with van der Waals surface area (Å²) in [5, 5.41) is 3.06. The molecule has 1 unspecified atom stereocenters. The first-order valence-corrected chi connectivity index (χ1v) is 10.1. The fraction of sp³-hybridized carbons (Fsp3) is 0.455. The molecule has 1 saturated carbocycles. The summed E-state index contributed by atoms with van der Waals surface area (Å²) in [7, 11) is 0. The van der Waals surface area contributed by atoms with Gasteiger partial charge in [0.1, 0.15) is 5.69 Å². The van der Waals surface area contributed by atoms with Gasteiger partial charge < -0.3 is 10.2 Å². The van der Waals surface area contributed by atoms with Crippen molar-refractivity contribution in [1.82, 2.24) is 20.2 Å². The number of aromatic nitrogens is 2. The van der Waals surface area contributed by atoms with Gasteiger partial charge in [0.15, 0.2) is 0 Å². The number of amides is 2. The summed E-state index contributed by atoms with van der Waals surface area (Å²) < 4.78 is 0. The Kier molecular flexibility index (Phi) is 5.37. The zero-order valence-electron chi connectivity index (χ0n) is 16.2. The molecule has 1 saturated heterocycles. The Hall–Kier alpha value is -2.76. The Morgan fingerprint density at radius 3 is 2.46 bits per heavy atom. The van der Waals surface area contributed by atoms with E-state index < -0.39 is 0 Å². The second-order valence-electron chi connectivity index (χ2n) is 7.85. The molecular weight excluding hydrogens is 352 g/mol. The van der Waals surface area contributed by atoms with Crippen molar-refractivity contribution >= 4 is 11.8 Å². The van der Waals surface area contributed by atoms with Crippen LogP contribution in [0.5, 0.6) is 0 Å². The number of likely N-dealkylation sites (tertiary alicyclic amines) is 1. The van der Waals surface area contributed by atoms with Gasteiger partial charge in [0.05, 0.1) is 5.56 Å². The van der Waals surface area contributed by atoms with Crippen LogP contribution >= 0.6 is 0 Å². The third kappa shape index (κ3) is 4.21. The average molecular weight is 378 g/mol. The zero-order valence-corrected chi connectivity index (χ0v) is 16.2. The molecule has 0 aromatic carbocycles. The van der Waals surface area contributed by atoms with E-state index in [4.69, 9.17) is 0 Å². The predicted octanol–water partition coefficient (Wildman–Crippen LogP) is 3.02. The summed E-state index contributed by atoms with van der Waals surface area (Å²) in [5.41, 5.74) is 2.10. The van der Waals surface area contributed by atoms with Crippen LogP contribution in [0.3, 0.4) is 0 Å². The van der Waals surface area contributed by atoms with E-state index in [1.54, 1.807) is 18.5 Å². The summed E-state index contributed by atoms with van der Waals surface area (Å²) in [6.45, 7) is 3.46. The zero-order chi connectivity index (χ0) is 19.5. The van der Waals surface area contributed by atoms with Gasteiger partial charge in [-0.1, -0.05) is 6.07 Å². The number of nitrogens with zero attached hydrogens (tertiary/aromatic N) is 3. The van der Waals surface area contributed by atoms with Crippen LogP contribution in [-0.4, -0.2) is 45.8 Å². The lowest BCUT2D eigenvalue weighted by Gasteiger charge is -2.31. The van der Waals surface area contributed by atoms with E-state index in [9.17, 15) is 9.59 Å². The maximum Gasteiger partial charge on any atom is 0.272 e. The lowest BCUT2D eigenvalue weighted by molar-refractivity contribution is 0.0705. The highest BCUT2D eigenvalue weighted by molar-refractivity contribution is 5.94. The molecule has 2 amide bonds. The van der Waals surface area contributed by atoms with Crippen LogP contribution in [0.15, 0.2) is 42.7 Å². The fourth-order valence-electron chi connectivity index (χ4n) is 3.81. The highest BCUT2D eigenvalue weighted by Crippen LogP contribution is 2.32. The minimum Gasteiger partial charge on any atom is -0.349 e. The molecule has 3 heterocycles. The molecule has 146 valence electrons.